The monoisotopic (exact) mass is 259 g/mol. The van der Waals surface area contributed by atoms with Crippen LogP contribution in [0.4, 0.5) is 5.82 Å². The molecule has 0 radical (unpaired) electrons. The molecule has 7 nitrogen and oxygen atoms in total. The van der Waals surface area contributed by atoms with E-state index in [1.807, 2.05) is 0 Å². The highest BCUT2D eigenvalue weighted by Crippen LogP contribution is 2.23. The molecule has 1 fully saturated rings. The van der Waals surface area contributed by atoms with E-state index in [-0.39, 0.29) is 23.4 Å². The lowest BCUT2D eigenvalue weighted by atomic mass is 10.1. The van der Waals surface area contributed by atoms with Crippen LogP contribution in [0.15, 0.2) is 15.7 Å². The molecule has 3 N–H and O–H groups in total. The SMILES string of the molecule is Nc1cc(=O)[nH]c(=O)n1C1CCS(=O)(=O)CC1. The largest absolute Gasteiger partial charge is 0.385 e. The first-order chi connectivity index (χ1) is 7.89. The number of anilines is 1. The molecule has 0 saturated carbocycles. The molecular formula is C9H13N3O4S. The first-order valence-electron chi connectivity index (χ1n) is 5.21. The molecule has 17 heavy (non-hydrogen) atoms. The number of sulfone groups is 1. The Hall–Kier alpha value is -1.57. The maximum atomic E-state index is 11.6. The van der Waals surface area contributed by atoms with Crippen LogP contribution in [0.5, 0.6) is 0 Å². The van der Waals surface area contributed by atoms with E-state index >= 15 is 0 Å². The van der Waals surface area contributed by atoms with Crippen LogP contribution in [0, 0.1) is 0 Å². The summed E-state index contributed by atoms with van der Waals surface area (Å²) < 4.78 is 23.8. The van der Waals surface area contributed by atoms with Gasteiger partial charge in [0.15, 0.2) is 0 Å². The van der Waals surface area contributed by atoms with E-state index in [1.54, 1.807) is 0 Å². The summed E-state index contributed by atoms with van der Waals surface area (Å²) in [6.45, 7) is 0. The van der Waals surface area contributed by atoms with Gasteiger partial charge in [0.25, 0.3) is 5.56 Å². The lowest BCUT2D eigenvalue weighted by Gasteiger charge is -2.24. The molecule has 1 aromatic rings. The Morgan fingerprint density at radius 2 is 1.88 bits per heavy atom. The van der Waals surface area contributed by atoms with Crippen molar-refractivity contribution in [1.82, 2.24) is 9.55 Å². The molecule has 8 heteroatoms. The molecule has 1 aromatic heterocycles. The van der Waals surface area contributed by atoms with Gasteiger partial charge in [0.05, 0.1) is 11.5 Å². The number of aromatic amines is 1. The van der Waals surface area contributed by atoms with Crippen molar-refractivity contribution in [1.29, 1.82) is 0 Å². The standard InChI is InChI=1S/C9H13N3O4S/c10-7-5-8(13)11-9(14)12(7)6-1-3-17(15,16)4-2-6/h5-6H,1-4,10H2,(H,11,13,14). The fourth-order valence-electron chi connectivity index (χ4n) is 2.04. The molecule has 0 bridgehead atoms. The van der Waals surface area contributed by atoms with Crippen LogP contribution in [0.1, 0.15) is 18.9 Å². The van der Waals surface area contributed by atoms with Gasteiger partial charge in [0.1, 0.15) is 15.7 Å². The van der Waals surface area contributed by atoms with Gasteiger partial charge in [0.2, 0.25) is 0 Å². The molecule has 0 spiro atoms. The minimum absolute atomic E-state index is 0.0443. The summed E-state index contributed by atoms with van der Waals surface area (Å²) in [5, 5.41) is 0. The fraction of sp³-hybridized carbons (Fsp3) is 0.556. The molecule has 0 unspecified atom stereocenters. The van der Waals surface area contributed by atoms with Crippen LogP contribution in [0.2, 0.25) is 0 Å². The van der Waals surface area contributed by atoms with Crippen LogP contribution in [0.3, 0.4) is 0 Å². The molecule has 0 aliphatic carbocycles. The van der Waals surface area contributed by atoms with Crippen LogP contribution < -0.4 is 17.0 Å². The van der Waals surface area contributed by atoms with Crippen molar-refractivity contribution in [2.75, 3.05) is 17.2 Å². The summed E-state index contributed by atoms with van der Waals surface area (Å²) in [6, 6.07) is 0.868. The molecule has 2 rings (SSSR count). The molecule has 2 heterocycles. The highest BCUT2D eigenvalue weighted by molar-refractivity contribution is 7.91. The molecule has 1 aliphatic heterocycles. The van der Waals surface area contributed by atoms with Crippen LogP contribution in [0.25, 0.3) is 0 Å². The predicted octanol–water partition coefficient (Wildman–Crippen LogP) is -1.13. The van der Waals surface area contributed by atoms with Gasteiger partial charge in [-0.25, -0.2) is 13.2 Å². The van der Waals surface area contributed by atoms with Gasteiger partial charge in [-0.3, -0.25) is 14.3 Å². The van der Waals surface area contributed by atoms with Gasteiger partial charge in [-0.15, -0.1) is 0 Å². The normalized spacial score (nSPS) is 20.2. The Bertz CT molecular complexity index is 629. The summed E-state index contributed by atoms with van der Waals surface area (Å²) in [5.41, 5.74) is 4.48. The van der Waals surface area contributed by atoms with E-state index < -0.39 is 21.1 Å². The number of hydrogen-bond donors (Lipinski definition) is 2. The van der Waals surface area contributed by atoms with Crippen molar-refractivity contribution in [3.8, 4) is 0 Å². The summed E-state index contributed by atoms with van der Waals surface area (Å²) >= 11 is 0. The zero-order valence-electron chi connectivity index (χ0n) is 9.05. The number of nitrogens with two attached hydrogens (primary N) is 1. The summed E-state index contributed by atoms with van der Waals surface area (Å²) in [6.07, 6.45) is 0.691. The minimum atomic E-state index is -2.99. The molecule has 0 amide bonds. The first kappa shape index (κ1) is 11.9. The highest BCUT2D eigenvalue weighted by atomic mass is 32.2. The number of nitrogens with zero attached hydrogens (tertiary/aromatic N) is 1. The maximum Gasteiger partial charge on any atom is 0.330 e. The third kappa shape index (κ3) is 2.41. The van der Waals surface area contributed by atoms with Crippen molar-refractivity contribution in [2.45, 2.75) is 18.9 Å². The Morgan fingerprint density at radius 1 is 1.29 bits per heavy atom. The number of nitrogen functional groups attached to an aromatic ring is 1. The van der Waals surface area contributed by atoms with Crippen molar-refractivity contribution in [3.63, 3.8) is 0 Å². The summed E-state index contributed by atoms with van der Waals surface area (Å²) in [7, 11) is -2.99. The topological polar surface area (TPSA) is 115 Å². The number of aromatic nitrogens is 2. The number of nitrogens with one attached hydrogen (secondary N) is 1. The highest BCUT2D eigenvalue weighted by Gasteiger charge is 2.26. The van der Waals surface area contributed by atoms with Gasteiger partial charge in [0, 0.05) is 12.1 Å². The Labute approximate surface area is 97.2 Å². The number of rotatable bonds is 1. The third-order valence-electron chi connectivity index (χ3n) is 2.90. The Balaban J connectivity index is 2.37. The average molecular weight is 259 g/mol. The molecule has 1 saturated heterocycles. The first-order valence-corrected chi connectivity index (χ1v) is 7.03. The van der Waals surface area contributed by atoms with Crippen molar-refractivity contribution >= 4 is 15.7 Å². The van der Waals surface area contributed by atoms with Gasteiger partial charge in [-0.05, 0) is 12.8 Å². The lowest BCUT2D eigenvalue weighted by Crippen LogP contribution is -2.37. The summed E-state index contributed by atoms with van der Waals surface area (Å²) in [5.74, 6) is 0.161. The number of hydrogen-bond acceptors (Lipinski definition) is 5. The average Bonchev–Trinajstić information content (AvgIpc) is 2.19. The van der Waals surface area contributed by atoms with Crippen molar-refractivity contribution < 1.29 is 8.42 Å². The number of H-pyrrole nitrogens is 1. The van der Waals surface area contributed by atoms with Gasteiger partial charge < -0.3 is 5.73 Å². The maximum absolute atomic E-state index is 11.6. The Kier molecular flexibility index (Phi) is 2.82. The fourth-order valence-corrected chi connectivity index (χ4v) is 3.50. The Morgan fingerprint density at radius 3 is 2.41 bits per heavy atom. The van der Waals surface area contributed by atoms with Crippen LogP contribution >= 0.6 is 0 Å². The molecule has 0 aromatic carbocycles. The van der Waals surface area contributed by atoms with E-state index in [9.17, 15) is 18.0 Å². The smallest absolute Gasteiger partial charge is 0.330 e. The third-order valence-corrected chi connectivity index (χ3v) is 4.61. The predicted molar refractivity (Wildman–Crippen MR) is 62.7 cm³/mol. The second-order valence-electron chi connectivity index (χ2n) is 4.12. The van der Waals surface area contributed by atoms with E-state index in [0.717, 1.165) is 6.07 Å². The van der Waals surface area contributed by atoms with Gasteiger partial charge >= 0.3 is 5.69 Å². The van der Waals surface area contributed by atoms with Crippen LogP contribution in [-0.4, -0.2) is 29.5 Å². The van der Waals surface area contributed by atoms with E-state index in [1.165, 1.54) is 4.57 Å². The molecule has 0 atom stereocenters. The second-order valence-corrected chi connectivity index (χ2v) is 6.42. The zero-order valence-corrected chi connectivity index (χ0v) is 9.87. The molecule has 94 valence electrons. The van der Waals surface area contributed by atoms with E-state index in [0.29, 0.717) is 12.8 Å². The lowest BCUT2D eigenvalue weighted by molar-refractivity contribution is 0.437. The second kappa shape index (κ2) is 4.02. The minimum Gasteiger partial charge on any atom is -0.385 e. The van der Waals surface area contributed by atoms with Crippen molar-refractivity contribution in [3.05, 3.63) is 26.9 Å². The molecular weight excluding hydrogens is 246 g/mol. The van der Waals surface area contributed by atoms with E-state index in [4.69, 9.17) is 5.73 Å². The van der Waals surface area contributed by atoms with E-state index in [2.05, 4.69) is 4.98 Å². The molecule has 1 aliphatic rings. The van der Waals surface area contributed by atoms with Gasteiger partial charge in [-0.2, -0.15) is 0 Å². The summed E-state index contributed by atoms with van der Waals surface area (Å²) in [4.78, 5) is 24.7. The van der Waals surface area contributed by atoms with Gasteiger partial charge in [-0.1, -0.05) is 0 Å². The quantitative estimate of drug-likeness (QED) is 0.662. The van der Waals surface area contributed by atoms with Crippen molar-refractivity contribution in [2.24, 2.45) is 0 Å². The zero-order chi connectivity index (χ0) is 12.6. The van der Waals surface area contributed by atoms with Crippen LogP contribution in [-0.2, 0) is 9.84 Å².